The first-order valence-electron chi connectivity index (χ1n) is 9.70. The topological polar surface area (TPSA) is 23.5 Å². The van der Waals surface area contributed by atoms with E-state index in [4.69, 9.17) is 0 Å². The van der Waals surface area contributed by atoms with E-state index in [1.165, 1.54) is 10.9 Å². The Kier molecular flexibility index (Phi) is 5.64. The molecule has 144 valence electrons. The van der Waals surface area contributed by atoms with Gasteiger partial charge in [0, 0.05) is 22.0 Å². The van der Waals surface area contributed by atoms with Crippen LogP contribution in [0.15, 0.2) is 97.1 Å². The Hall–Kier alpha value is -3.09. The van der Waals surface area contributed by atoms with Gasteiger partial charge in [0.2, 0.25) is 0 Å². The maximum atomic E-state index is 10.6. The predicted molar refractivity (Wildman–Crippen MR) is 126 cm³/mol. The van der Waals surface area contributed by atoms with E-state index in [-0.39, 0.29) is 0 Å². The SMILES string of the molecule is Cc1cccc(Pc2c(C)cccc2N(c2ccccc2)c2ccccc2)c1O. The van der Waals surface area contributed by atoms with Crippen molar-refractivity contribution in [3.05, 3.63) is 108 Å². The number of benzene rings is 4. The van der Waals surface area contributed by atoms with Crippen molar-refractivity contribution in [3.8, 4) is 5.75 Å². The molecule has 0 saturated heterocycles. The average Bonchev–Trinajstić information content (AvgIpc) is 2.75. The molecule has 0 aromatic heterocycles. The second kappa shape index (κ2) is 8.51. The molecule has 3 heteroatoms. The van der Waals surface area contributed by atoms with E-state index < -0.39 is 0 Å². The number of para-hydroxylation sites is 3. The van der Waals surface area contributed by atoms with E-state index in [1.54, 1.807) is 0 Å². The molecule has 0 aliphatic carbocycles. The molecule has 0 fully saturated rings. The second-order valence-electron chi connectivity index (χ2n) is 7.07. The summed E-state index contributed by atoms with van der Waals surface area (Å²) in [6.45, 7) is 4.09. The quantitative estimate of drug-likeness (QED) is 0.411. The Balaban J connectivity index is 1.88. The Morgan fingerprint density at radius 3 is 1.79 bits per heavy atom. The van der Waals surface area contributed by atoms with Gasteiger partial charge in [-0.1, -0.05) is 75.3 Å². The highest BCUT2D eigenvalue weighted by Gasteiger charge is 2.18. The number of phenols is 1. The summed E-state index contributed by atoms with van der Waals surface area (Å²) < 4.78 is 0. The first-order chi connectivity index (χ1) is 14.1. The zero-order valence-electron chi connectivity index (χ0n) is 16.6. The third kappa shape index (κ3) is 4.04. The smallest absolute Gasteiger partial charge is 0.126 e. The fourth-order valence-electron chi connectivity index (χ4n) is 3.48. The first kappa shape index (κ1) is 19.2. The van der Waals surface area contributed by atoms with E-state index in [1.807, 2.05) is 37.3 Å². The summed E-state index contributed by atoms with van der Waals surface area (Å²) in [6, 6.07) is 33.3. The molecule has 1 atom stereocenters. The summed E-state index contributed by atoms with van der Waals surface area (Å²) in [5.41, 5.74) is 5.50. The monoisotopic (exact) mass is 397 g/mol. The summed E-state index contributed by atoms with van der Waals surface area (Å²) in [5, 5.41) is 12.8. The Morgan fingerprint density at radius 2 is 1.17 bits per heavy atom. The Bertz CT molecular complexity index is 1070. The number of aromatic hydroxyl groups is 1. The number of aryl methyl sites for hydroxylation is 2. The number of nitrogens with zero attached hydrogens (tertiary/aromatic N) is 1. The van der Waals surface area contributed by atoms with Crippen LogP contribution in [-0.4, -0.2) is 5.11 Å². The van der Waals surface area contributed by atoms with Gasteiger partial charge in [-0.15, -0.1) is 0 Å². The van der Waals surface area contributed by atoms with Crippen molar-refractivity contribution in [2.24, 2.45) is 0 Å². The van der Waals surface area contributed by atoms with Crippen molar-refractivity contribution in [1.82, 2.24) is 0 Å². The number of rotatable bonds is 5. The summed E-state index contributed by atoms with van der Waals surface area (Å²) in [4.78, 5) is 2.29. The van der Waals surface area contributed by atoms with Crippen molar-refractivity contribution < 1.29 is 5.11 Å². The van der Waals surface area contributed by atoms with Gasteiger partial charge in [-0.05, 0) is 55.3 Å². The molecule has 4 aromatic rings. The second-order valence-corrected chi connectivity index (χ2v) is 8.36. The van der Waals surface area contributed by atoms with Crippen LogP contribution in [0.3, 0.4) is 0 Å². The first-order valence-corrected chi connectivity index (χ1v) is 10.7. The highest BCUT2D eigenvalue weighted by Crippen LogP contribution is 2.36. The third-order valence-corrected chi connectivity index (χ3v) is 6.59. The summed E-state index contributed by atoms with van der Waals surface area (Å²) in [6.07, 6.45) is 0. The summed E-state index contributed by atoms with van der Waals surface area (Å²) in [7, 11) is 0.361. The van der Waals surface area contributed by atoms with Crippen LogP contribution < -0.4 is 15.5 Å². The minimum atomic E-state index is 0.361. The molecular formula is C26H24NOP. The van der Waals surface area contributed by atoms with Gasteiger partial charge < -0.3 is 10.0 Å². The Morgan fingerprint density at radius 1 is 0.621 bits per heavy atom. The van der Waals surface area contributed by atoms with Crippen molar-refractivity contribution in [2.75, 3.05) is 4.90 Å². The molecule has 0 aliphatic rings. The Labute approximate surface area is 174 Å². The summed E-state index contributed by atoms with van der Waals surface area (Å²) >= 11 is 0. The molecule has 4 rings (SSSR count). The van der Waals surface area contributed by atoms with Crippen LogP contribution in [0.25, 0.3) is 0 Å². The van der Waals surface area contributed by atoms with Gasteiger partial charge in [-0.2, -0.15) is 0 Å². The van der Waals surface area contributed by atoms with Crippen molar-refractivity contribution in [1.29, 1.82) is 0 Å². The van der Waals surface area contributed by atoms with Crippen molar-refractivity contribution in [2.45, 2.75) is 13.8 Å². The number of phenolic OH excluding ortho intramolecular Hbond substituents is 1. The van der Waals surface area contributed by atoms with E-state index >= 15 is 0 Å². The highest BCUT2D eigenvalue weighted by molar-refractivity contribution is 7.56. The molecule has 1 N–H and O–H groups in total. The third-order valence-electron chi connectivity index (χ3n) is 5.02. The molecule has 0 amide bonds. The maximum absolute atomic E-state index is 10.6. The fraction of sp³-hybridized carbons (Fsp3) is 0.0769. The summed E-state index contributed by atoms with van der Waals surface area (Å²) in [5.74, 6) is 0.394. The van der Waals surface area contributed by atoms with E-state index in [0.717, 1.165) is 27.9 Å². The minimum absolute atomic E-state index is 0.361. The molecule has 0 spiro atoms. The standard InChI is InChI=1S/C26H24NOP/c1-19-11-10-18-24(25(19)28)29-26-20(2)12-9-17-23(26)27(21-13-5-3-6-14-21)22-15-7-4-8-16-22/h3-18,28-29H,1-2H3. The van der Waals surface area contributed by atoms with Crippen molar-refractivity contribution in [3.63, 3.8) is 0 Å². The van der Waals surface area contributed by atoms with Gasteiger partial charge in [-0.3, -0.25) is 0 Å². The maximum Gasteiger partial charge on any atom is 0.126 e. The van der Waals surface area contributed by atoms with E-state index in [2.05, 4.69) is 78.6 Å². The lowest BCUT2D eigenvalue weighted by Crippen LogP contribution is -2.19. The fourth-order valence-corrected chi connectivity index (χ4v) is 4.85. The van der Waals surface area contributed by atoms with Gasteiger partial charge in [0.25, 0.3) is 0 Å². The van der Waals surface area contributed by atoms with Crippen LogP contribution in [-0.2, 0) is 0 Å². The zero-order chi connectivity index (χ0) is 20.2. The van der Waals surface area contributed by atoms with Crippen LogP contribution in [0.1, 0.15) is 11.1 Å². The molecule has 0 saturated carbocycles. The van der Waals surface area contributed by atoms with Gasteiger partial charge in [0.1, 0.15) is 5.75 Å². The van der Waals surface area contributed by atoms with Gasteiger partial charge in [0.05, 0.1) is 5.69 Å². The lowest BCUT2D eigenvalue weighted by atomic mass is 10.1. The number of hydrogen-bond acceptors (Lipinski definition) is 2. The lowest BCUT2D eigenvalue weighted by molar-refractivity contribution is 0.475. The van der Waals surface area contributed by atoms with Gasteiger partial charge in [0.15, 0.2) is 0 Å². The molecule has 1 unspecified atom stereocenters. The van der Waals surface area contributed by atoms with Crippen LogP contribution in [0.5, 0.6) is 5.75 Å². The van der Waals surface area contributed by atoms with Crippen LogP contribution in [0.4, 0.5) is 17.1 Å². The normalized spacial score (nSPS) is 11.1. The van der Waals surface area contributed by atoms with Gasteiger partial charge >= 0.3 is 0 Å². The predicted octanol–water partition coefficient (Wildman–Crippen LogP) is 6.11. The molecule has 0 aliphatic heterocycles. The molecular weight excluding hydrogens is 373 g/mol. The molecule has 0 heterocycles. The molecule has 2 nitrogen and oxygen atoms in total. The number of anilines is 3. The molecule has 29 heavy (non-hydrogen) atoms. The minimum Gasteiger partial charge on any atom is -0.507 e. The van der Waals surface area contributed by atoms with E-state index in [9.17, 15) is 5.11 Å². The van der Waals surface area contributed by atoms with Crippen molar-refractivity contribution >= 4 is 36.3 Å². The van der Waals surface area contributed by atoms with Crippen LogP contribution >= 0.6 is 8.58 Å². The largest absolute Gasteiger partial charge is 0.507 e. The van der Waals surface area contributed by atoms with Gasteiger partial charge in [-0.25, -0.2) is 0 Å². The zero-order valence-corrected chi connectivity index (χ0v) is 17.6. The molecule has 4 aromatic carbocycles. The highest BCUT2D eigenvalue weighted by atomic mass is 31.1. The molecule has 0 bridgehead atoms. The average molecular weight is 397 g/mol. The van der Waals surface area contributed by atoms with Crippen LogP contribution in [0.2, 0.25) is 0 Å². The number of hydrogen-bond donors (Lipinski definition) is 1. The lowest BCUT2D eigenvalue weighted by Gasteiger charge is -2.28. The van der Waals surface area contributed by atoms with E-state index in [0.29, 0.717) is 14.3 Å². The van der Waals surface area contributed by atoms with Crippen LogP contribution in [0, 0.1) is 13.8 Å². The molecule has 0 radical (unpaired) electrons.